The van der Waals surface area contributed by atoms with Crippen LogP contribution in [0.3, 0.4) is 0 Å². The Hall–Kier alpha value is -3.49. The summed E-state index contributed by atoms with van der Waals surface area (Å²) in [4.78, 5) is 12.4. The van der Waals surface area contributed by atoms with E-state index in [0.717, 1.165) is 11.3 Å². The Morgan fingerprint density at radius 1 is 1.17 bits per heavy atom. The van der Waals surface area contributed by atoms with E-state index in [4.69, 9.17) is 19.5 Å². The molecule has 1 N–H and O–H groups in total. The van der Waals surface area contributed by atoms with E-state index in [2.05, 4.69) is 21.2 Å². The number of nitriles is 2. The molecule has 0 aliphatic carbocycles. The van der Waals surface area contributed by atoms with Gasteiger partial charge >= 0.3 is 0 Å². The Morgan fingerprint density at radius 3 is 2.48 bits per heavy atom. The fraction of sp³-hybridized carbons (Fsp3) is 0.190. The minimum atomic E-state index is -0.497. The molecular weight excluding hydrogens is 438 g/mol. The second-order valence-electron chi connectivity index (χ2n) is 5.68. The van der Waals surface area contributed by atoms with E-state index < -0.39 is 5.91 Å². The van der Waals surface area contributed by atoms with Gasteiger partial charge in [-0.1, -0.05) is 12.1 Å². The van der Waals surface area contributed by atoms with Gasteiger partial charge in [-0.15, -0.1) is 0 Å². The van der Waals surface area contributed by atoms with Gasteiger partial charge in [-0.05, 0) is 57.4 Å². The quantitative estimate of drug-likeness (QED) is 0.481. The van der Waals surface area contributed by atoms with Gasteiger partial charge in [0.25, 0.3) is 5.91 Å². The summed E-state index contributed by atoms with van der Waals surface area (Å²) in [6, 6.07) is 14.3. The first kappa shape index (κ1) is 21.8. The van der Waals surface area contributed by atoms with Crippen LogP contribution in [-0.2, 0) is 11.3 Å². The second kappa shape index (κ2) is 10.7. The van der Waals surface area contributed by atoms with Crippen LogP contribution >= 0.6 is 15.9 Å². The lowest BCUT2D eigenvalue weighted by Crippen LogP contribution is -2.23. The average molecular weight is 456 g/mol. The first-order chi connectivity index (χ1) is 14.0. The molecule has 0 aromatic heterocycles. The number of nitrogens with zero attached hydrogens (tertiary/aromatic N) is 2. The monoisotopic (exact) mass is 455 g/mol. The molecule has 1 amide bonds. The summed E-state index contributed by atoms with van der Waals surface area (Å²) in [5.74, 6) is 0.966. The zero-order chi connectivity index (χ0) is 21.2. The molecule has 0 fully saturated rings. The number of rotatable bonds is 8. The smallest absolute Gasteiger partial charge is 0.262 e. The van der Waals surface area contributed by atoms with Crippen molar-refractivity contribution in [1.82, 2.24) is 5.32 Å². The highest BCUT2D eigenvalue weighted by Crippen LogP contribution is 2.37. The number of carbonyl (C=O) groups is 1. The van der Waals surface area contributed by atoms with E-state index in [1.54, 1.807) is 31.4 Å². The fourth-order valence-electron chi connectivity index (χ4n) is 2.40. The molecule has 0 aliphatic rings. The Morgan fingerprint density at radius 2 is 1.90 bits per heavy atom. The highest BCUT2D eigenvalue weighted by Gasteiger charge is 2.14. The number of ether oxygens (including phenoxy) is 3. The van der Waals surface area contributed by atoms with Crippen LogP contribution in [0.2, 0.25) is 0 Å². The molecule has 7 nitrogen and oxygen atoms in total. The lowest BCUT2D eigenvalue weighted by atomic mass is 10.1. The molecule has 0 saturated carbocycles. The zero-order valence-corrected chi connectivity index (χ0v) is 17.4. The third-order valence-corrected chi connectivity index (χ3v) is 4.41. The Kier molecular flexibility index (Phi) is 8.08. The normalized spacial score (nSPS) is 10.4. The van der Waals surface area contributed by atoms with Gasteiger partial charge in [0, 0.05) is 6.54 Å². The van der Waals surface area contributed by atoms with Gasteiger partial charge in [0.2, 0.25) is 0 Å². The van der Waals surface area contributed by atoms with Crippen LogP contribution in [0.25, 0.3) is 6.08 Å². The molecule has 0 unspecified atom stereocenters. The van der Waals surface area contributed by atoms with Crippen molar-refractivity contribution in [1.29, 1.82) is 10.5 Å². The Bertz CT molecular complexity index is 989. The van der Waals surface area contributed by atoms with E-state index in [0.29, 0.717) is 21.5 Å². The van der Waals surface area contributed by atoms with E-state index in [1.165, 1.54) is 13.2 Å². The molecule has 0 saturated heterocycles. The molecule has 2 rings (SSSR count). The maximum absolute atomic E-state index is 12.4. The van der Waals surface area contributed by atoms with E-state index in [-0.39, 0.29) is 18.7 Å². The van der Waals surface area contributed by atoms with Gasteiger partial charge in [0.1, 0.15) is 23.5 Å². The van der Waals surface area contributed by atoms with Crippen molar-refractivity contribution < 1.29 is 19.0 Å². The summed E-state index contributed by atoms with van der Waals surface area (Å²) in [6.45, 7) is 0.136. The van der Waals surface area contributed by atoms with Crippen molar-refractivity contribution in [3.05, 3.63) is 57.6 Å². The van der Waals surface area contributed by atoms with Crippen molar-refractivity contribution >= 4 is 27.9 Å². The van der Waals surface area contributed by atoms with Crippen LogP contribution < -0.4 is 19.5 Å². The van der Waals surface area contributed by atoms with Crippen LogP contribution in [-0.4, -0.2) is 26.7 Å². The lowest BCUT2D eigenvalue weighted by molar-refractivity contribution is -0.117. The minimum Gasteiger partial charge on any atom is -0.497 e. The first-order valence-corrected chi connectivity index (χ1v) is 9.21. The molecule has 2 aromatic carbocycles. The molecular formula is C21H18BrN3O4. The lowest BCUT2D eigenvalue weighted by Gasteiger charge is -2.12. The van der Waals surface area contributed by atoms with Crippen LogP contribution in [0.1, 0.15) is 11.1 Å². The van der Waals surface area contributed by atoms with Gasteiger partial charge in [-0.25, -0.2) is 0 Å². The topological polar surface area (TPSA) is 104 Å². The number of nitrogens with one attached hydrogen (secondary N) is 1. The first-order valence-electron chi connectivity index (χ1n) is 8.42. The predicted octanol–water partition coefficient (Wildman–Crippen LogP) is 3.59. The molecule has 148 valence electrons. The molecule has 0 heterocycles. The van der Waals surface area contributed by atoms with Crippen LogP contribution in [0, 0.1) is 22.7 Å². The summed E-state index contributed by atoms with van der Waals surface area (Å²) >= 11 is 3.35. The standard InChI is InChI=1S/C21H18BrN3O4/c1-27-17-5-3-14(4-6-17)13-25-21(26)16(12-24)9-15-10-18(22)20(29-8-7-23)19(11-15)28-2/h3-6,9-11H,8,13H2,1-2H3,(H,25,26)/b16-9-. The van der Waals surface area contributed by atoms with Gasteiger partial charge in [0.15, 0.2) is 18.1 Å². The number of methoxy groups -OCH3 is 2. The molecule has 0 spiro atoms. The molecule has 0 atom stereocenters. The van der Waals surface area contributed by atoms with Gasteiger partial charge in [-0.2, -0.15) is 10.5 Å². The number of benzene rings is 2. The zero-order valence-electron chi connectivity index (χ0n) is 15.9. The summed E-state index contributed by atoms with van der Waals surface area (Å²) < 4.78 is 16.2. The maximum atomic E-state index is 12.4. The highest BCUT2D eigenvalue weighted by atomic mass is 79.9. The highest BCUT2D eigenvalue weighted by molar-refractivity contribution is 9.10. The predicted molar refractivity (Wildman–Crippen MR) is 110 cm³/mol. The second-order valence-corrected chi connectivity index (χ2v) is 6.54. The van der Waals surface area contributed by atoms with Crippen LogP contribution in [0.4, 0.5) is 0 Å². The average Bonchev–Trinajstić information content (AvgIpc) is 2.75. The third kappa shape index (κ3) is 6.00. The largest absolute Gasteiger partial charge is 0.497 e. The Labute approximate surface area is 177 Å². The molecule has 0 aliphatic heterocycles. The molecule has 2 aromatic rings. The van der Waals surface area contributed by atoms with Crippen LogP contribution in [0.5, 0.6) is 17.2 Å². The summed E-state index contributed by atoms with van der Waals surface area (Å²) in [6.07, 6.45) is 1.45. The number of carbonyl (C=O) groups excluding carboxylic acids is 1. The summed E-state index contributed by atoms with van der Waals surface area (Å²) in [5, 5.41) is 20.8. The number of hydrogen-bond acceptors (Lipinski definition) is 6. The molecule has 0 bridgehead atoms. The van der Waals surface area contributed by atoms with Gasteiger partial charge < -0.3 is 19.5 Å². The van der Waals surface area contributed by atoms with Gasteiger partial charge in [-0.3, -0.25) is 4.79 Å². The number of amides is 1. The van der Waals surface area contributed by atoms with E-state index >= 15 is 0 Å². The van der Waals surface area contributed by atoms with Gasteiger partial charge in [0.05, 0.1) is 18.7 Å². The summed E-state index contributed by atoms with van der Waals surface area (Å²) in [5.41, 5.74) is 1.38. The summed E-state index contributed by atoms with van der Waals surface area (Å²) in [7, 11) is 3.04. The maximum Gasteiger partial charge on any atom is 0.262 e. The number of hydrogen-bond donors (Lipinski definition) is 1. The Balaban J connectivity index is 2.17. The number of halogens is 1. The van der Waals surface area contributed by atoms with Crippen molar-refractivity contribution in [3.8, 4) is 29.4 Å². The fourth-order valence-corrected chi connectivity index (χ4v) is 2.98. The SMILES string of the molecule is COc1ccc(CNC(=O)/C(C#N)=C\c2cc(Br)c(OCC#N)c(OC)c2)cc1. The molecule has 0 radical (unpaired) electrons. The molecule has 8 heteroatoms. The minimum absolute atomic E-state index is 0.0573. The van der Waals surface area contributed by atoms with Crippen LogP contribution in [0.15, 0.2) is 46.4 Å². The van der Waals surface area contributed by atoms with Crippen molar-refractivity contribution in [2.75, 3.05) is 20.8 Å². The van der Waals surface area contributed by atoms with E-state index in [9.17, 15) is 10.1 Å². The van der Waals surface area contributed by atoms with Crippen molar-refractivity contribution in [3.63, 3.8) is 0 Å². The molecule has 29 heavy (non-hydrogen) atoms. The third-order valence-electron chi connectivity index (χ3n) is 3.82. The van der Waals surface area contributed by atoms with Crippen molar-refractivity contribution in [2.45, 2.75) is 6.54 Å². The van der Waals surface area contributed by atoms with Crippen molar-refractivity contribution in [2.24, 2.45) is 0 Å². The van der Waals surface area contributed by atoms with E-state index in [1.807, 2.05) is 24.3 Å².